The highest BCUT2D eigenvalue weighted by molar-refractivity contribution is 7.89. The van der Waals surface area contributed by atoms with Crippen molar-refractivity contribution < 1.29 is 18.3 Å². The number of nitrogens with one attached hydrogen (secondary N) is 2. The first kappa shape index (κ1) is 24.4. The Morgan fingerprint density at radius 2 is 2.00 bits per heavy atom. The second-order valence-corrected chi connectivity index (χ2v) is 11.0. The molecule has 0 spiro atoms. The lowest BCUT2D eigenvalue weighted by Gasteiger charge is -2.23. The summed E-state index contributed by atoms with van der Waals surface area (Å²) < 4.78 is 35.8. The highest BCUT2D eigenvalue weighted by atomic mass is 32.2. The SMILES string of the molecule is CCOc1ccc(S(=O)(=O)NC(C)(C)CO)cc1-c1nn2c(C3CCCC3)nc(C)c2c(=O)[nH]1. The van der Waals surface area contributed by atoms with Crippen LogP contribution in [0.3, 0.4) is 0 Å². The van der Waals surface area contributed by atoms with Gasteiger partial charge in [-0.15, -0.1) is 5.10 Å². The number of nitrogens with zero attached hydrogens (tertiary/aromatic N) is 3. The number of imidazole rings is 1. The summed E-state index contributed by atoms with van der Waals surface area (Å²) in [6, 6.07) is 4.39. The summed E-state index contributed by atoms with van der Waals surface area (Å²) >= 11 is 0. The number of hydrogen-bond acceptors (Lipinski definition) is 7. The number of sulfonamides is 1. The fourth-order valence-electron chi connectivity index (χ4n) is 4.36. The summed E-state index contributed by atoms with van der Waals surface area (Å²) in [6.45, 7) is 6.75. The zero-order valence-electron chi connectivity index (χ0n) is 19.9. The summed E-state index contributed by atoms with van der Waals surface area (Å²) in [5, 5.41) is 14.2. The van der Waals surface area contributed by atoms with Crippen LogP contribution in [0.15, 0.2) is 27.9 Å². The van der Waals surface area contributed by atoms with Crippen molar-refractivity contribution in [2.24, 2.45) is 0 Å². The van der Waals surface area contributed by atoms with Crippen LogP contribution in [0.1, 0.15) is 63.9 Å². The highest BCUT2D eigenvalue weighted by Gasteiger charge is 2.28. The number of fused-ring (bicyclic) bond motifs is 1. The van der Waals surface area contributed by atoms with Crippen molar-refractivity contribution in [3.05, 3.63) is 40.1 Å². The van der Waals surface area contributed by atoms with Gasteiger partial charge in [-0.25, -0.2) is 22.6 Å². The third kappa shape index (κ3) is 4.59. The van der Waals surface area contributed by atoms with Gasteiger partial charge in [0, 0.05) is 5.92 Å². The summed E-state index contributed by atoms with van der Waals surface area (Å²) in [6.07, 6.45) is 4.21. The molecule has 0 aliphatic heterocycles. The molecule has 10 nitrogen and oxygen atoms in total. The Bertz CT molecular complexity index is 1370. The molecule has 3 N–H and O–H groups in total. The van der Waals surface area contributed by atoms with Crippen molar-refractivity contribution in [3.8, 4) is 17.1 Å². The number of aromatic amines is 1. The first-order valence-corrected chi connectivity index (χ1v) is 13.0. The third-order valence-corrected chi connectivity index (χ3v) is 7.74. The van der Waals surface area contributed by atoms with Gasteiger partial charge in [-0.1, -0.05) is 12.8 Å². The maximum Gasteiger partial charge on any atom is 0.277 e. The van der Waals surface area contributed by atoms with Crippen molar-refractivity contribution >= 4 is 15.5 Å². The van der Waals surface area contributed by atoms with Gasteiger partial charge in [0.25, 0.3) is 5.56 Å². The standard InChI is InChI=1S/C23H31N5O5S/c1-5-33-18-11-10-16(34(31,32)27-23(3,4)13-29)12-17(18)20-25-22(30)19-14(2)24-21(28(19)26-20)15-8-6-7-9-15/h10-12,15,27,29H,5-9,13H2,1-4H3,(H,25,26,30). The van der Waals surface area contributed by atoms with E-state index in [1.165, 1.54) is 12.1 Å². The van der Waals surface area contributed by atoms with E-state index in [1.54, 1.807) is 31.4 Å². The molecule has 1 aliphatic rings. The molecular formula is C23H31N5O5S. The highest BCUT2D eigenvalue weighted by Crippen LogP contribution is 2.35. The summed E-state index contributed by atoms with van der Waals surface area (Å²) in [5.74, 6) is 1.57. The summed E-state index contributed by atoms with van der Waals surface area (Å²) in [7, 11) is -3.97. The molecule has 4 rings (SSSR count). The predicted octanol–water partition coefficient (Wildman–Crippen LogP) is 2.50. The van der Waals surface area contributed by atoms with Crippen LogP contribution in [-0.4, -0.2) is 51.9 Å². The third-order valence-electron chi connectivity index (χ3n) is 6.04. The first-order chi connectivity index (χ1) is 16.1. The molecule has 11 heteroatoms. The second kappa shape index (κ2) is 9.12. The van der Waals surface area contributed by atoms with E-state index >= 15 is 0 Å². The fourth-order valence-corrected chi connectivity index (χ4v) is 5.79. The van der Waals surface area contributed by atoms with E-state index in [0.29, 0.717) is 29.1 Å². The molecule has 2 aromatic heterocycles. The number of rotatable bonds is 8. The molecule has 184 valence electrons. The van der Waals surface area contributed by atoms with Gasteiger partial charge in [0.15, 0.2) is 11.3 Å². The Hall–Kier alpha value is -2.76. The lowest BCUT2D eigenvalue weighted by molar-refractivity contribution is 0.208. The van der Waals surface area contributed by atoms with Gasteiger partial charge in [0.2, 0.25) is 10.0 Å². The Morgan fingerprint density at radius 1 is 1.29 bits per heavy atom. The van der Waals surface area contributed by atoms with Crippen LogP contribution in [0.5, 0.6) is 5.75 Å². The molecule has 2 heterocycles. The zero-order chi connectivity index (χ0) is 24.7. The lowest BCUT2D eigenvalue weighted by Crippen LogP contribution is -2.46. The number of aromatic nitrogens is 4. The quantitative estimate of drug-likeness (QED) is 0.442. The van der Waals surface area contributed by atoms with E-state index in [1.807, 2.05) is 6.92 Å². The minimum absolute atomic E-state index is 0.0342. The molecule has 1 aromatic carbocycles. The molecule has 0 unspecified atom stereocenters. The molecule has 0 bridgehead atoms. The predicted molar refractivity (Wildman–Crippen MR) is 128 cm³/mol. The summed E-state index contributed by atoms with van der Waals surface area (Å²) in [4.78, 5) is 20.4. The minimum atomic E-state index is -3.97. The van der Waals surface area contributed by atoms with Gasteiger partial charge < -0.3 is 14.8 Å². The van der Waals surface area contributed by atoms with E-state index in [-0.39, 0.29) is 28.8 Å². The largest absolute Gasteiger partial charge is 0.493 e. The van der Waals surface area contributed by atoms with Gasteiger partial charge in [-0.3, -0.25) is 4.79 Å². The number of ether oxygens (including phenoxy) is 1. The van der Waals surface area contributed by atoms with E-state index < -0.39 is 15.6 Å². The number of aryl methyl sites for hydroxylation is 1. The zero-order valence-corrected chi connectivity index (χ0v) is 20.7. The average molecular weight is 490 g/mol. The van der Waals surface area contributed by atoms with Gasteiger partial charge in [-0.2, -0.15) is 0 Å². The molecule has 1 saturated carbocycles. The molecule has 1 aliphatic carbocycles. The number of aliphatic hydroxyl groups is 1. The van der Waals surface area contributed by atoms with Crippen LogP contribution in [0.4, 0.5) is 0 Å². The van der Waals surface area contributed by atoms with Crippen molar-refractivity contribution in [1.29, 1.82) is 0 Å². The number of H-pyrrole nitrogens is 1. The van der Waals surface area contributed by atoms with E-state index in [9.17, 15) is 18.3 Å². The number of hydrogen-bond donors (Lipinski definition) is 3. The second-order valence-electron chi connectivity index (χ2n) is 9.34. The first-order valence-electron chi connectivity index (χ1n) is 11.5. The monoisotopic (exact) mass is 489 g/mol. The number of aliphatic hydroxyl groups excluding tert-OH is 1. The normalized spacial score (nSPS) is 15.3. The van der Waals surface area contributed by atoms with E-state index in [4.69, 9.17) is 9.84 Å². The van der Waals surface area contributed by atoms with Crippen molar-refractivity contribution in [2.45, 2.75) is 69.7 Å². The van der Waals surface area contributed by atoms with Crippen LogP contribution in [-0.2, 0) is 10.0 Å². The molecule has 0 radical (unpaired) electrons. The van der Waals surface area contributed by atoms with Crippen LogP contribution >= 0.6 is 0 Å². The molecule has 34 heavy (non-hydrogen) atoms. The Morgan fingerprint density at radius 3 is 2.65 bits per heavy atom. The maximum absolute atomic E-state index is 13.0. The Balaban J connectivity index is 1.89. The van der Waals surface area contributed by atoms with Gasteiger partial charge in [0.1, 0.15) is 11.6 Å². The minimum Gasteiger partial charge on any atom is -0.493 e. The smallest absolute Gasteiger partial charge is 0.277 e. The van der Waals surface area contributed by atoms with Crippen molar-refractivity contribution in [2.75, 3.05) is 13.2 Å². The molecule has 3 aromatic rings. The van der Waals surface area contributed by atoms with Crippen molar-refractivity contribution in [3.63, 3.8) is 0 Å². The van der Waals surface area contributed by atoms with E-state index in [2.05, 4.69) is 14.7 Å². The molecule has 0 saturated heterocycles. The molecule has 0 atom stereocenters. The fraction of sp³-hybridized carbons (Fsp3) is 0.522. The lowest BCUT2D eigenvalue weighted by atomic mass is 10.1. The van der Waals surface area contributed by atoms with Crippen LogP contribution in [0, 0.1) is 6.92 Å². The Labute approximate surface area is 198 Å². The molecule has 1 fully saturated rings. The molecule has 0 amide bonds. The van der Waals surface area contributed by atoms with Gasteiger partial charge in [0.05, 0.1) is 34.9 Å². The summed E-state index contributed by atoms with van der Waals surface area (Å²) in [5.41, 5.74) is -0.0605. The van der Waals surface area contributed by atoms with E-state index in [0.717, 1.165) is 31.5 Å². The topological polar surface area (TPSA) is 139 Å². The van der Waals surface area contributed by atoms with Crippen LogP contribution in [0.25, 0.3) is 16.9 Å². The van der Waals surface area contributed by atoms with Crippen LogP contribution < -0.4 is 15.0 Å². The Kier molecular flexibility index (Phi) is 6.54. The number of benzene rings is 1. The van der Waals surface area contributed by atoms with Gasteiger partial charge in [-0.05, 0) is 58.7 Å². The molecular weight excluding hydrogens is 458 g/mol. The van der Waals surface area contributed by atoms with Crippen molar-refractivity contribution in [1.82, 2.24) is 24.3 Å². The van der Waals surface area contributed by atoms with Gasteiger partial charge >= 0.3 is 0 Å². The van der Waals surface area contributed by atoms with Crippen LogP contribution in [0.2, 0.25) is 0 Å². The average Bonchev–Trinajstić information content (AvgIpc) is 3.41. The maximum atomic E-state index is 13.0.